The van der Waals surface area contributed by atoms with E-state index in [0.717, 1.165) is 18.2 Å². The summed E-state index contributed by atoms with van der Waals surface area (Å²) in [7, 11) is 0. The van der Waals surface area contributed by atoms with Crippen LogP contribution in [0.1, 0.15) is 27.4 Å². The lowest BCUT2D eigenvalue weighted by Gasteiger charge is -2.18. The van der Waals surface area contributed by atoms with Crippen molar-refractivity contribution in [2.45, 2.75) is 12.1 Å². The molecule has 1 atom stereocenters. The fourth-order valence-electron chi connectivity index (χ4n) is 2.11. The van der Waals surface area contributed by atoms with Crippen LogP contribution in [0.5, 0.6) is 0 Å². The molecular weight excluding hydrogens is 419 g/mol. The zero-order chi connectivity index (χ0) is 18.8. The summed E-state index contributed by atoms with van der Waals surface area (Å²) in [6.45, 7) is 0. The van der Waals surface area contributed by atoms with Gasteiger partial charge < -0.3 is 0 Å². The molecule has 0 radical (unpaired) electrons. The SMILES string of the molecule is O=Cc1ccc(/C=C/C(c2cc(Cl)c(Cl)c(Cl)c2)C(F)(F)F)cc1Cl. The van der Waals surface area contributed by atoms with Crippen LogP contribution in [0.2, 0.25) is 20.1 Å². The van der Waals surface area contributed by atoms with Crippen LogP contribution < -0.4 is 0 Å². The third-order valence-corrected chi connectivity index (χ3v) is 4.87. The average molecular weight is 428 g/mol. The molecule has 2 rings (SSSR count). The smallest absolute Gasteiger partial charge is 0.298 e. The molecule has 0 saturated carbocycles. The molecule has 0 spiro atoms. The number of hydrogen-bond donors (Lipinski definition) is 0. The van der Waals surface area contributed by atoms with Crippen molar-refractivity contribution in [3.8, 4) is 0 Å². The molecule has 0 fully saturated rings. The van der Waals surface area contributed by atoms with E-state index in [0.29, 0.717) is 11.8 Å². The molecule has 2 aromatic carbocycles. The van der Waals surface area contributed by atoms with Crippen molar-refractivity contribution in [1.29, 1.82) is 0 Å². The van der Waals surface area contributed by atoms with E-state index >= 15 is 0 Å². The van der Waals surface area contributed by atoms with Crippen molar-refractivity contribution in [2.24, 2.45) is 0 Å². The Labute approximate surface area is 161 Å². The van der Waals surface area contributed by atoms with Crippen LogP contribution in [-0.4, -0.2) is 12.5 Å². The Hall–Kier alpha value is -1.20. The molecule has 0 aliphatic heterocycles. The average Bonchev–Trinajstić information content (AvgIpc) is 2.51. The Balaban J connectivity index is 2.43. The second kappa shape index (κ2) is 8.00. The molecule has 0 amide bonds. The Morgan fingerprint density at radius 3 is 2.00 bits per heavy atom. The van der Waals surface area contributed by atoms with Gasteiger partial charge in [0, 0.05) is 5.56 Å². The van der Waals surface area contributed by atoms with Gasteiger partial charge in [-0.2, -0.15) is 13.2 Å². The molecule has 2 aromatic rings. The van der Waals surface area contributed by atoms with Gasteiger partial charge in [0.2, 0.25) is 0 Å². The highest BCUT2D eigenvalue weighted by atomic mass is 35.5. The van der Waals surface area contributed by atoms with Crippen molar-refractivity contribution >= 4 is 58.8 Å². The summed E-state index contributed by atoms with van der Waals surface area (Å²) in [4.78, 5) is 10.7. The van der Waals surface area contributed by atoms with E-state index < -0.39 is 12.1 Å². The topological polar surface area (TPSA) is 17.1 Å². The van der Waals surface area contributed by atoms with Crippen molar-refractivity contribution in [1.82, 2.24) is 0 Å². The number of alkyl halides is 3. The van der Waals surface area contributed by atoms with E-state index in [4.69, 9.17) is 46.4 Å². The molecule has 0 aliphatic rings. The monoisotopic (exact) mass is 426 g/mol. The second-order valence-corrected chi connectivity index (χ2v) is 6.68. The minimum Gasteiger partial charge on any atom is -0.298 e. The number of rotatable bonds is 4. The first-order valence-corrected chi connectivity index (χ1v) is 8.28. The maximum atomic E-state index is 13.4. The summed E-state index contributed by atoms with van der Waals surface area (Å²) >= 11 is 23.3. The maximum Gasteiger partial charge on any atom is 0.399 e. The first-order chi connectivity index (χ1) is 11.6. The standard InChI is InChI=1S/C17H9Cl4F3O/c18-13-5-9(1-3-10(13)8-25)2-4-12(17(22,23)24)11-6-14(19)16(21)15(20)7-11/h1-8,12H/b4-2+. The fraction of sp³-hybridized carbons (Fsp3) is 0.118. The van der Waals surface area contributed by atoms with Crippen LogP contribution >= 0.6 is 46.4 Å². The Bertz CT molecular complexity index is 808. The maximum absolute atomic E-state index is 13.4. The van der Waals surface area contributed by atoms with Gasteiger partial charge in [0.25, 0.3) is 0 Å². The van der Waals surface area contributed by atoms with Gasteiger partial charge in [0.05, 0.1) is 26.0 Å². The molecule has 0 heterocycles. The molecule has 25 heavy (non-hydrogen) atoms. The van der Waals surface area contributed by atoms with Gasteiger partial charge in [-0.25, -0.2) is 0 Å². The summed E-state index contributed by atoms with van der Waals surface area (Å²) < 4.78 is 40.3. The van der Waals surface area contributed by atoms with Gasteiger partial charge in [-0.15, -0.1) is 0 Å². The van der Waals surface area contributed by atoms with Gasteiger partial charge in [0.15, 0.2) is 6.29 Å². The molecule has 0 saturated heterocycles. The first kappa shape index (κ1) is 20.1. The van der Waals surface area contributed by atoms with Crippen LogP contribution in [0, 0.1) is 0 Å². The lowest BCUT2D eigenvalue weighted by molar-refractivity contribution is -0.139. The second-order valence-electron chi connectivity index (χ2n) is 5.08. The third-order valence-electron chi connectivity index (χ3n) is 3.35. The number of carbonyl (C=O) groups is 1. The molecule has 1 unspecified atom stereocenters. The Morgan fingerprint density at radius 1 is 0.920 bits per heavy atom. The minimum atomic E-state index is -4.57. The molecule has 0 aromatic heterocycles. The highest BCUT2D eigenvalue weighted by Crippen LogP contribution is 2.41. The van der Waals surface area contributed by atoms with Crippen molar-refractivity contribution in [3.05, 3.63) is 73.2 Å². The quantitative estimate of drug-likeness (QED) is 0.365. The van der Waals surface area contributed by atoms with E-state index in [9.17, 15) is 18.0 Å². The third kappa shape index (κ3) is 4.91. The van der Waals surface area contributed by atoms with Gasteiger partial charge in [-0.3, -0.25) is 4.79 Å². The molecular formula is C17H9Cl4F3O. The van der Waals surface area contributed by atoms with Crippen molar-refractivity contribution in [3.63, 3.8) is 0 Å². The first-order valence-electron chi connectivity index (χ1n) is 6.77. The summed E-state index contributed by atoms with van der Waals surface area (Å²) in [6.07, 6.45) is -1.78. The van der Waals surface area contributed by atoms with Crippen LogP contribution in [0.15, 0.2) is 36.4 Å². The Morgan fingerprint density at radius 2 is 1.52 bits per heavy atom. The predicted molar refractivity (Wildman–Crippen MR) is 96.1 cm³/mol. The number of hydrogen-bond acceptors (Lipinski definition) is 1. The normalized spacial score (nSPS) is 13.2. The molecule has 132 valence electrons. The van der Waals surface area contributed by atoms with E-state index in [-0.39, 0.29) is 31.2 Å². The molecule has 0 aliphatic carbocycles. The van der Waals surface area contributed by atoms with Crippen molar-refractivity contribution in [2.75, 3.05) is 0 Å². The highest BCUT2D eigenvalue weighted by Gasteiger charge is 2.39. The van der Waals surface area contributed by atoms with E-state index in [2.05, 4.69) is 0 Å². The minimum absolute atomic E-state index is 0.00628. The molecule has 0 bridgehead atoms. The van der Waals surface area contributed by atoms with E-state index in [1.807, 2.05) is 0 Å². The van der Waals surface area contributed by atoms with E-state index in [1.54, 1.807) is 0 Å². The lowest BCUT2D eigenvalue weighted by atomic mass is 9.97. The largest absolute Gasteiger partial charge is 0.399 e. The predicted octanol–water partition coefficient (Wildman–Crippen LogP) is 7.47. The van der Waals surface area contributed by atoms with Crippen LogP contribution in [-0.2, 0) is 0 Å². The summed E-state index contributed by atoms with van der Waals surface area (Å²) in [5.41, 5.74) is 0.525. The number of allylic oxidation sites excluding steroid dienone is 1. The molecule has 1 nitrogen and oxygen atoms in total. The zero-order valence-electron chi connectivity index (χ0n) is 12.3. The van der Waals surface area contributed by atoms with Gasteiger partial charge in [-0.05, 0) is 35.4 Å². The summed E-state index contributed by atoms with van der Waals surface area (Å²) in [6, 6.07) is 6.56. The van der Waals surface area contributed by atoms with Crippen LogP contribution in [0.3, 0.4) is 0 Å². The fourth-order valence-corrected chi connectivity index (χ4v) is 2.96. The summed E-state index contributed by atoms with van der Waals surface area (Å²) in [5, 5.41) is 0.0157. The zero-order valence-corrected chi connectivity index (χ0v) is 15.3. The molecule has 0 N–H and O–H groups in total. The highest BCUT2D eigenvalue weighted by molar-refractivity contribution is 6.48. The number of aldehydes is 1. The van der Waals surface area contributed by atoms with Crippen LogP contribution in [0.25, 0.3) is 6.08 Å². The lowest BCUT2D eigenvalue weighted by Crippen LogP contribution is -2.19. The number of halogens is 7. The van der Waals surface area contributed by atoms with Gasteiger partial charge >= 0.3 is 6.18 Å². The van der Waals surface area contributed by atoms with Crippen LogP contribution in [0.4, 0.5) is 13.2 Å². The van der Waals surface area contributed by atoms with Gasteiger partial charge in [0.1, 0.15) is 0 Å². The molecule has 8 heteroatoms. The van der Waals surface area contributed by atoms with Gasteiger partial charge in [-0.1, -0.05) is 64.6 Å². The number of carbonyl (C=O) groups excluding carboxylic acids is 1. The van der Waals surface area contributed by atoms with Crippen molar-refractivity contribution < 1.29 is 18.0 Å². The Kier molecular flexibility index (Phi) is 6.44. The summed E-state index contributed by atoms with van der Waals surface area (Å²) in [5.74, 6) is -1.94. The number of benzene rings is 2. The van der Waals surface area contributed by atoms with E-state index in [1.165, 1.54) is 24.3 Å².